The van der Waals surface area contributed by atoms with Gasteiger partial charge in [0.25, 0.3) is 0 Å². The molecule has 0 atom stereocenters. The number of thiocarbonyl (C=S) groups is 1. The minimum atomic E-state index is 0.606. The third-order valence-electron chi connectivity index (χ3n) is 2.76. The SMILES string of the molecule is CCn1ccc(CNC(=S)Nc2ccc(C)cc2)n1. The van der Waals surface area contributed by atoms with E-state index < -0.39 is 0 Å². The maximum atomic E-state index is 5.25. The third-order valence-corrected chi connectivity index (χ3v) is 3.01. The smallest absolute Gasteiger partial charge is 0.171 e. The number of hydrogen-bond donors (Lipinski definition) is 2. The van der Waals surface area contributed by atoms with Crippen molar-refractivity contribution in [2.45, 2.75) is 26.9 Å². The summed E-state index contributed by atoms with van der Waals surface area (Å²) in [6, 6.07) is 10.1. The second-order valence-corrected chi connectivity index (χ2v) is 4.74. The van der Waals surface area contributed by atoms with Crippen LogP contribution in [0.5, 0.6) is 0 Å². The van der Waals surface area contributed by atoms with Crippen LogP contribution in [0.2, 0.25) is 0 Å². The van der Waals surface area contributed by atoms with Crippen molar-refractivity contribution in [3.8, 4) is 0 Å². The summed E-state index contributed by atoms with van der Waals surface area (Å²) in [5.74, 6) is 0. The molecule has 0 aliphatic rings. The number of rotatable bonds is 4. The van der Waals surface area contributed by atoms with Gasteiger partial charge in [-0.05, 0) is 44.3 Å². The van der Waals surface area contributed by atoms with Gasteiger partial charge in [0.05, 0.1) is 12.2 Å². The summed E-state index contributed by atoms with van der Waals surface area (Å²) in [7, 11) is 0. The molecule has 2 aromatic rings. The van der Waals surface area contributed by atoms with Gasteiger partial charge in [-0.15, -0.1) is 0 Å². The van der Waals surface area contributed by atoms with E-state index in [1.807, 2.05) is 41.2 Å². The van der Waals surface area contributed by atoms with Gasteiger partial charge >= 0.3 is 0 Å². The van der Waals surface area contributed by atoms with Gasteiger partial charge in [0.15, 0.2) is 5.11 Å². The van der Waals surface area contributed by atoms with E-state index in [-0.39, 0.29) is 0 Å². The summed E-state index contributed by atoms with van der Waals surface area (Å²) in [5, 5.41) is 11.3. The van der Waals surface area contributed by atoms with E-state index in [1.54, 1.807) is 0 Å². The van der Waals surface area contributed by atoms with Gasteiger partial charge in [-0.3, -0.25) is 4.68 Å². The molecule has 19 heavy (non-hydrogen) atoms. The Hall–Kier alpha value is -1.88. The summed E-state index contributed by atoms with van der Waals surface area (Å²) in [6.45, 7) is 5.63. The van der Waals surface area contributed by atoms with E-state index in [0.717, 1.165) is 17.9 Å². The zero-order valence-electron chi connectivity index (χ0n) is 11.2. The van der Waals surface area contributed by atoms with Crippen LogP contribution >= 0.6 is 12.2 Å². The zero-order chi connectivity index (χ0) is 13.7. The summed E-state index contributed by atoms with van der Waals surface area (Å²) in [5.41, 5.74) is 3.20. The monoisotopic (exact) mass is 274 g/mol. The fraction of sp³-hybridized carbons (Fsp3) is 0.286. The highest BCUT2D eigenvalue weighted by Gasteiger charge is 2.00. The van der Waals surface area contributed by atoms with Gasteiger partial charge in [0.2, 0.25) is 0 Å². The van der Waals surface area contributed by atoms with E-state index in [1.165, 1.54) is 5.56 Å². The van der Waals surface area contributed by atoms with E-state index in [9.17, 15) is 0 Å². The van der Waals surface area contributed by atoms with Crippen molar-refractivity contribution in [2.24, 2.45) is 0 Å². The van der Waals surface area contributed by atoms with Crippen molar-refractivity contribution < 1.29 is 0 Å². The number of hydrogen-bond acceptors (Lipinski definition) is 2. The molecule has 0 aliphatic carbocycles. The molecule has 0 unspecified atom stereocenters. The van der Waals surface area contributed by atoms with Crippen LogP contribution in [-0.2, 0) is 13.1 Å². The predicted octanol–water partition coefficient (Wildman–Crippen LogP) is 2.70. The molecule has 0 saturated heterocycles. The number of nitrogens with zero attached hydrogens (tertiary/aromatic N) is 2. The van der Waals surface area contributed by atoms with Gasteiger partial charge in [0, 0.05) is 18.4 Å². The molecule has 2 N–H and O–H groups in total. The predicted molar refractivity (Wildman–Crippen MR) is 82.1 cm³/mol. The summed E-state index contributed by atoms with van der Waals surface area (Å²) >= 11 is 5.25. The Labute approximate surface area is 118 Å². The molecule has 4 nitrogen and oxygen atoms in total. The Morgan fingerprint density at radius 2 is 2.00 bits per heavy atom. The first-order valence-electron chi connectivity index (χ1n) is 6.31. The van der Waals surface area contributed by atoms with Gasteiger partial charge in [-0.2, -0.15) is 5.10 Å². The van der Waals surface area contributed by atoms with Crippen LogP contribution in [0.15, 0.2) is 36.5 Å². The highest BCUT2D eigenvalue weighted by Crippen LogP contribution is 2.08. The lowest BCUT2D eigenvalue weighted by Crippen LogP contribution is -2.28. The highest BCUT2D eigenvalue weighted by molar-refractivity contribution is 7.80. The maximum absolute atomic E-state index is 5.25. The molecule has 0 amide bonds. The lowest BCUT2D eigenvalue weighted by Gasteiger charge is -2.09. The van der Waals surface area contributed by atoms with Crippen LogP contribution < -0.4 is 10.6 Å². The maximum Gasteiger partial charge on any atom is 0.171 e. The standard InChI is InChI=1S/C14H18N4S/c1-3-18-9-8-13(17-18)10-15-14(19)16-12-6-4-11(2)5-7-12/h4-9H,3,10H2,1-2H3,(H2,15,16,19). The topological polar surface area (TPSA) is 41.9 Å². The van der Waals surface area contributed by atoms with E-state index in [4.69, 9.17) is 12.2 Å². The average molecular weight is 274 g/mol. The number of nitrogens with one attached hydrogen (secondary N) is 2. The minimum Gasteiger partial charge on any atom is -0.357 e. The van der Waals surface area contributed by atoms with Gasteiger partial charge in [-0.25, -0.2) is 0 Å². The van der Waals surface area contributed by atoms with Crippen LogP contribution in [0.25, 0.3) is 0 Å². The Bertz CT molecular complexity index is 545. The Morgan fingerprint density at radius 3 is 2.63 bits per heavy atom. The molecule has 1 aromatic heterocycles. The number of benzene rings is 1. The van der Waals surface area contributed by atoms with Gasteiger partial charge in [-0.1, -0.05) is 17.7 Å². The molecule has 100 valence electrons. The van der Waals surface area contributed by atoms with E-state index in [2.05, 4.69) is 29.6 Å². The third kappa shape index (κ3) is 4.06. The van der Waals surface area contributed by atoms with Crippen LogP contribution in [-0.4, -0.2) is 14.9 Å². The zero-order valence-corrected chi connectivity index (χ0v) is 12.0. The normalized spacial score (nSPS) is 10.2. The lowest BCUT2D eigenvalue weighted by molar-refractivity contribution is 0.643. The van der Waals surface area contributed by atoms with Crippen LogP contribution in [0, 0.1) is 6.92 Å². The first kappa shape index (κ1) is 13.5. The molecule has 0 aliphatic heterocycles. The summed E-state index contributed by atoms with van der Waals surface area (Å²) < 4.78 is 1.90. The molecule has 0 radical (unpaired) electrons. The van der Waals surface area contributed by atoms with E-state index in [0.29, 0.717) is 11.7 Å². The first-order chi connectivity index (χ1) is 9.17. The Morgan fingerprint density at radius 1 is 1.26 bits per heavy atom. The fourth-order valence-electron chi connectivity index (χ4n) is 1.66. The minimum absolute atomic E-state index is 0.606. The second kappa shape index (κ2) is 6.33. The van der Waals surface area contributed by atoms with Crippen molar-refractivity contribution in [1.82, 2.24) is 15.1 Å². The summed E-state index contributed by atoms with van der Waals surface area (Å²) in [6.07, 6.45) is 1.97. The first-order valence-corrected chi connectivity index (χ1v) is 6.72. The van der Waals surface area contributed by atoms with Gasteiger partial charge < -0.3 is 10.6 Å². The van der Waals surface area contributed by atoms with Crippen molar-refractivity contribution in [3.05, 3.63) is 47.8 Å². The van der Waals surface area contributed by atoms with Crippen LogP contribution in [0.1, 0.15) is 18.2 Å². The Kier molecular flexibility index (Phi) is 4.52. The molecule has 2 rings (SSSR count). The molecule has 0 fully saturated rings. The van der Waals surface area contributed by atoms with Crippen molar-refractivity contribution in [3.63, 3.8) is 0 Å². The number of aromatic nitrogens is 2. The Balaban J connectivity index is 1.82. The fourth-order valence-corrected chi connectivity index (χ4v) is 1.85. The quantitative estimate of drug-likeness (QED) is 0.841. The molecule has 0 saturated carbocycles. The number of aryl methyl sites for hydroxylation is 2. The van der Waals surface area contributed by atoms with Crippen LogP contribution in [0.3, 0.4) is 0 Å². The molecule has 5 heteroatoms. The molecule has 0 spiro atoms. The molecular weight excluding hydrogens is 256 g/mol. The number of anilines is 1. The molecular formula is C14H18N4S. The molecule has 0 bridgehead atoms. The average Bonchev–Trinajstić information content (AvgIpc) is 2.87. The molecule has 1 heterocycles. The van der Waals surface area contributed by atoms with Crippen molar-refractivity contribution >= 4 is 23.0 Å². The summed E-state index contributed by atoms with van der Waals surface area (Å²) in [4.78, 5) is 0. The van der Waals surface area contributed by atoms with Crippen molar-refractivity contribution in [1.29, 1.82) is 0 Å². The largest absolute Gasteiger partial charge is 0.357 e. The van der Waals surface area contributed by atoms with Gasteiger partial charge in [0.1, 0.15) is 0 Å². The second-order valence-electron chi connectivity index (χ2n) is 4.34. The highest BCUT2D eigenvalue weighted by atomic mass is 32.1. The van der Waals surface area contributed by atoms with Crippen molar-refractivity contribution in [2.75, 3.05) is 5.32 Å². The lowest BCUT2D eigenvalue weighted by atomic mass is 10.2. The van der Waals surface area contributed by atoms with Crippen LogP contribution in [0.4, 0.5) is 5.69 Å². The molecule has 1 aromatic carbocycles. The van der Waals surface area contributed by atoms with E-state index >= 15 is 0 Å².